The fourth-order valence-electron chi connectivity index (χ4n) is 1.01. The van der Waals surface area contributed by atoms with Crippen molar-refractivity contribution >= 4 is 42.1 Å². The quantitative estimate of drug-likeness (QED) is 0.567. The highest BCUT2D eigenvalue weighted by Crippen LogP contribution is 2.15. The van der Waals surface area contributed by atoms with Crippen molar-refractivity contribution in [1.29, 1.82) is 0 Å². The van der Waals surface area contributed by atoms with Crippen LogP contribution in [0.5, 0.6) is 0 Å². The maximum absolute atomic E-state index is 5.23. The zero-order chi connectivity index (χ0) is 9.68. The van der Waals surface area contributed by atoms with E-state index < -0.39 is 0 Å². The number of aliphatic imine (C=N–C) groups is 1. The second-order valence-electron chi connectivity index (χ2n) is 2.61. The Labute approximate surface area is 102 Å². The van der Waals surface area contributed by atoms with Gasteiger partial charge < -0.3 is 16.8 Å². The highest BCUT2D eigenvalue weighted by Gasteiger charge is 1.91. The van der Waals surface area contributed by atoms with Crippen molar-refractivity contribution in [2.45, 2.75) is 6.92 Å². The fourth-order valence-corrected chi connectivity index (χ4v) is 1.01. The first-order chi connectivity index (χ1) is 6.22. The molecule has 0 atom stereocenters. The second-order valence-corrected chi connectivity index (χ2v) is 2.61. The molecular formula is C9H16Cl2N4. The monoisotopic (exact) mass is 250 g/mol. The van der Waals surface area contributed by atoms with Gasteiger partial charge in [0.25, 0.3) is 0 Å². The number of hydrogen-bond acceptors (Lipinski definition) is 2. The third-order valence-corrected chi connectivity index (χ3v) is 1.51. The number of nitrogens with one attached hydrogen (secondary N) is 1. The summed E-state index contributed by atoms with van der Waals surface area (Å²) in [6.45, 7) is 2.95. The van der Waals surface area contributed by atoms with Gasteiger partial charge in [-0.1, -0.05) is 0 Å². The number of nitrogens with zero attached hydrogens (tertiary/aromatic N) is 1. The summed E-state index contributed by atoms with van der Waals surface area (Å²) in [4.78, 5) is 3.91. The van der Waals surface area contributed by atoms with Crippen LogP contribution in [0.1, 0.15) is 6.92 Å². The van der Waals surface area contributed by atoms with Gasteiger partial charge in [0.15, 0.2) is 5.96 Å². The van der Waals surface area contributed by atoms with Crippen molar-refractivity contribution < 1.29 is 0 Å². The van der Waals surface area contributed by atoms with Crippen LogP contribution in [-0.2, 0) is 0 Å². The SMILES string of the molecule is CCNc1ccc(N=C(N)N)cc1.Cl.Cl. The zero-order valence-electron chi connectivity index (χ0n) is 8.43. The van der Waals surface area contributed by atoms with E-state index in [1.165, 1.54) is 0 Å². The second kappa shape index (κ2) is 8.20. The van der Waals surface area contributed by atoms with E-state index in [1.807, 2.05) is 31.2 Å². The summed E-state index contributed by atoms with van der Waals surface area (Å²) >= 11 is 0. The first kappa shape index (κ1) is 16.3. The van der Waals surface area contributed by atoms with Crippen LogP contribution in [-0.4, -0.2) is 12.5 Å². The highest BCUT2D eigenvalue weighted by molar-refractivity contribution is 5.85. The molecule has 0 aromatic heterocycles. The highest BCUT2D eigenvalue weighted by atomic mass is 35.5. The lowest BCUT2D eigenvalue weighted by molar-refractivity contribution is 1.21. The summed E-state index contributed by atoms with van der Waals surface area (Å²) < 4.78 is 0. The molecule has 0 aliphatic carbocycles. The Hall–Kier alpha value is -1.13. The van der Waals surface area contributed by atoms with Crippen molar-refractivity contribution in [1.82, 2.24) is 0 Å². The molecule has 86 valence electrons. The van der Waals surface area contributed by atoms with Crippen LogP contribution in [0.25, 0.3) is 0 Å². The van der Waals surface area contributed by atoms with Crippen LogP contribution < -0.4 is 16.8 Å². The molecule has 1 aromatic carbocycles. The fraction of sp³-hybridized carbons (Fsp3) is 0.222. The summed E-state index contributed by atoms with van der Waals surface area (Å²) in [5.41, 5.74) is 12.3. The largest absolute Gasteiger partial charge is 0.385 e. The Kier molecular flexibility index (Phi) is 8.91. The van der Waals surface area contributed by atoms with E-state index in [0.29, 0.717) is 0 Å². The summed E-state index contributed by atoms with van der Waals surface area (Å²) in [5, 5.41) is 3.18. The minimum Gasteiger partial charge on any atom is -0.385 e. The molecule has 0 unspecified atom stereocenters. The molecule has 0 aliphatic rings. The maximum Gasteiger partial charge on any atom is 0.191 e. The predicted molar refractivity (Wildman–Crippen MR) is 70.6 cm³/mol. The smallest absolute Gasteiger partial charge is 0.191 e. The lowest BCUT2D eigenvalue weighted by atomic mass is 10.3. The average Bonchev–Trinajstić information content (AvgIpc) is 2.08. The first-order valence-corrected chi connectivity index (χ1v) is 4.16. The lowest BCUT2D eigenvalue weighted by Crippen LogP contribution is -2.21. The molecule has 1 rings (SSSR count). The van der Waals surface area contributed by atoms with Crippen LogP contribution in [0.2, 0.25) is 0 Å². The van der Waals surface area contributed by atoms with E-state index in [2.05, 4.69) is 10.3 Å². The number of hydrogen-bond donors (Lipinski definition) is 3. The van der Waals surface area contributed by atoms with Gasteiger partial charge in [0.2, 0.25) is 0 Å². The minimum atomic E-state index is 0. The Morgan fingerprint density at radius 2 is 1.73 bits per heavy atom. The van der Waals surface area contributed by atoms with Gasteiger partial charge in [-0.25, -0.2) is 4.99 Å². The molecule has 0 fully saturated rings. The van der Waals surface area contributed by atoms with E-state index >= 15 is 0 Å². The molecule has 0 radical (unpaired) electrons. The van der Waals surface area contributed by atoms with Crippen LogP contribution in [0.3, 0.4) is 0 Å². The Balaban J connectivity index is 0. The summed E-state index contributed by atoms with van der Waals surface area (Å²) in [6, 6.07) is 7.59. The van der Waals surface area contributed by atoms with E-state index in [0.717, 1.165) is 17.9 Å². The third kappa shape index (κ3) is 6.04. The first-order valence-electron chi connectivity index (χ1n) is 4.16. The van der Waals surface area contributed by atoms with Gasteiger partial charge in [-0.15, -0.1) is 24.8 Å². The summed E-state index contributed by atoms with van der Waals surface area (Å²) in [6.07, 6.45) is 0. The molecule has 1 aromatic rings. The predicted octanol–water partition coefficient (Wildman–Crippen LogP) is 1.87. The van der Waals surface area contributed by atoms with Crippen molar-refractivity contribution in [3.8, 4) is 0 Å². The number of guanidine groups is 1. The van der Waals surface area contributed by atoms with E-state index in [1.54, 1.807) is 0 Å². The van der Waals surface area contributed by atoms with Gasteiger partial charge in [0.1, 0.15) is 0 Å². The van der Waals surface area contributed by atoms with Crippen molar-refractivity contribution in [2.24, 2.45) is 16.5 Å². The third-order valence-electron chi connectivity index (χ3n) is 1.51. The Morgan fingerprint density at radius 3 is 2.13 bits per heavy atom. The summed E-state index contributed by atoms with van der Waals surface area (Å²) in [5.74, 6) is 0.0798. The molecule has 4 nitrogen and oxygen atoms in total. The van der Waals surface area contributed by atoms with Crippen LogP contribution in [0, 0.1) is 0 Å². The maximum atomic E-state index is 5.23. The van der Waals surface area contributed by atoms with Gasteiger partial charge in [-0.2, -0.15) is 0 Å². The molecule has 0 heterocycles. The molecule has 6 heteroatoms. The number of halogens is 2. The number of nitrogens with two attached hydrogens (primary N) is 2. The molecule has 0 saturated heterocycles. The van der Waals surface area contributed by atoms with Crippen molar-refractivity contribution in [2.75, 3.05) is 11.9 Å². The van der Waals surface area contributed by atoms with Crippen LogP contribution >= 0.6 is 24.8 Å². The van der Waals surface area contributed by atoms with Gasteiger partial charge in [0.05, 0.1) is 5.69 Å². The molecule has 0 spiro atoms. The number of anilines is 1. The minimum absolute atomic E-state index is 0. The molecular weight excluding hydrogens is 235 g/mol. The van der Waals surface area contributed by atoms with Gasteiger partial charge >= 0.3 is 0 Å². The molecule has 15 heavy (non-hydrogen) atoms. The summed E-state index contributed by atoms with van der Waals surface area (Å²) in [7, 11) is 0. The van der Waals surface area contributed by atoms with Crippen LogP contribution in [0.15, 0.2) is 29.3 Å². The zero-order valence-corrected chi connectivity index (χ0v) is 10.1. The normalized spacial score (nSPS) is 8.07. The Morgan fingerprint density at radius 1 is 1.20 bits per heavy atom. The lowest BCUT2D eigenvalue weighted by Gasteiger charge is -2.02. The molecule has 0 amide bonds. The van der Waals surface area contributed by atoms with Gasteiger partial charge in [-0.05, 0) is 31.2 Å². The van der Waals surface area contributed by atoms with E-state index in [4.69, 9.17) is 11.5 Å². The van der Waals surface area contributed by atoms with Crippen LogP contribution in [0.4, 0.5) is 11.4 Å². The average molecular weight is 251 g/mol. The standard InChI is InChI=1S/C9H14N4.2ClH/c1-2-12-7-3-5-8(6-4-7)13-9(10)11;;/h3-6,12H,2H2,1H3,(H4,10,11,13);2*1H. The number of benzene rings is 1. The molecule has 5 N–H and O–H groups in total. The molecule has 0 aliphatic heterocycles. The van der Waals surface area contributed by atoms with E-state index in [-0.39, 0.29) is 30.8 Å². The van der Waals surface area contributed by atoms with E-state index in [9.17, 15) is 0 Å². The molecule has 0 bridgehead atoms. The number of rotatable bonds is 3. The Bertz CT molecular complexity index is 293. The van der Waals surface area contributed by atoms with Gasteiger partial charge in [-0.3, -0.25) is 0 Å². The van der Waals surface area contributed by atoms with Gasteiger partial charge in [0, 0.05) is 12.2 Å². The van der Waals surface area contributed by atoms with Crippen molar-refractivity contribution in [3.05, 3.63) is 24.3 Å². The molecule has 0 saturated carbocycles. The van der Waals surface area contributed by atoms with Crippen molar-refractivity contribution in [3.63, 3.8) is 0 Å². The topological polar surface area (TPSA) is 76.4 Å².